The van der Waals surface area contributed by atoms with Crippen LogP contribution < -0.4 is 5.32 Å². The van der Waals surface area contributed by atoms with Gasteiger partial charge in [-0.2, -0.15) is 5.10 Å². The molecular weight excluding hydrogens is 246 g/mol. The fraction of sp³-hybridized carbons (Fsp3) is 0.471. The maximum atomic E-state index is 5.32. The highest BCUT2D eigenvalue weighted by Gasteiger charge is 2.13. The first kappa shape index (κ1) is 14.6. The Morgan fingerprint density at radius 3 is 2.75 bits per heavy atom. The van der Waals surface area contributed by atoms with Crippen LogP contribution in [-0.4, -0.2) is 15.3 Å². The summed E-state index contributed by atoms with van der Waals surface area (Å²) >= 11 is 0. The normalized spacial score (nSPS) is 11.7. The number of fused-ring (bicyclic) bond motifs is 1. The van der Waals surface area contributed by atoms with Crippen LogP contribution in [0.2, 0.25) is 0 Å². The minimum atomic E-state index is 0.0916. The molecule has 0 fully saturated rings. The number of nitrogens with zero attached hydrogens (tertiary/aromatic N) is 2. The van der Waals surface area contributed by atoms with E-state index in [1.165, 1.54) is 10.9 Å². The van der Waals surface area contributed by atoms with Gasteiger partial charge < -0.3 is 5.32 Å². The molecule has 0 amide bonds. The van der Waals surface area contributed by atoms with E-state index in [4.69, 9.17) is 11.5 Å². The first-order valence-electron chi connectivity index (χ1n) is 7.14. The fourth-order valence-electron chi connectivity index (χ4n) is 2.18. The van der Waals surface area contributed by atoms with Gasteiger partial charge >= 0.3 is 0 Å². The Morgan fingerprint density at radius 1 is 1.30 bits per heavy atom. The number of aromatic nitrogens is 2. The summed E-state index contributed by atoms with van der Waals surface area (Å²) in [5.41, 5.74) is 2.39. The van der Waals surface area contributed by atoms with Crippen molar-refractivity contribution in [2.24, 2.45) is 0 Å². The minimum absolute atomic E-state index is 0.0916. The first-order chi connectivity index (χ1) is 9.51. The molecule has 0 aliphatic heterocycles. The van der Waals surface area contributed by atoms with Crippen molar-refractivity contribution in [3.63, 3.8) is 0 Å². The molecule has 0 bridgehead atoms. The van der Waals surface area contributed by atoms with Crippen LogP contribution >= 0.6 is 0 Å². The van der Waals surface area contributed by atoms with Crippen LogP contribution in [0.3, 0.4) is 0 Å². The van der Waals surface area contributed by atoms with Crippen LogP contribution in [0.15, 0.2) is 24.3 Å². The second kappa shape index (κ2) is 6.11. The number of hydrogen-bond acceptors (Lipinski definition) is 2. The molecule has 2 rings (SSSR count). The smallest absolute Gasteiger partial charge is 0.0841 e. The van der Waals surface area contributed by atoms with Gasteiger partial charge in [-0.1, -0.05) is 18.2 Å². The minimum Gasteiger partial charge on any atom is -0.306 e. The van der Waals surface area contributed by atoms with Crippen molar-refractivity contribution < 1.29 is 0 Å². The van der Waals surface area contributed by atoms with Crippen LogP contribution in [0.5, 0.6) is 0 Å². The van der Waals surface area contributed by atoms with Gasteiger partial charge in [0.25, 0.3) is 0 Å². The highest BCUT2D eigenvalue weighted by Crippen LogP contribution is 2.19. The summed E-state index contributed by atoms with van der Waals surface area (Å²) in [6.07, 6.45) is 7.08. The van der Waals surface area contributed by atoms with E-state index in [-0.39, 0.29) is 5.54 Å². The number of rotatable bonds is 5. The summed E-state index contributed by atoms with van der Waals surface area (Å²) in [6, 6.07) is 8.39. The Morgan fingerprint density at radius 2 is 2.05 bits per heavy atom. The average molecular weight is 269 g/mol. The van der Waals surface area contributed by atoms with E-state index in [0.29, 0.717) is 0 Å². The maximum Gasteiger partial charge on any atom is 0.0841 e. The SMILES string of the molecule is C#CCCCn1nc(CNC(C)(C)C)c2ccccc21. The maximum absolute atomic E-state index is 5.32. The molecule has 0 atom stereocenters. The quantitative estimate of drug-likeness (QED) is 0.666. The van der Waals surface area contributed by atoms with Gasteiger partial charge in [0.15, 0.2) is 0 Å². The van der Waals surface area contributed by atoms with Crippen molar-refractivity contribution in [1.82, 2.24) is 15.1 Å². The van der Waals surface area contributed by atoms with Crippen molar-refractivity contribution >= 4 is 10.9 Å². The van der Waals surface area contributed by atoms with E-state index in [0.717, 1.165) is 31.6 Å². The lowest BCUT2D eigenvalue weighted by Crippen LogP contribution is -2.35. The van der Waals surface area contributed by atoms with E-state index in [2.05, 4.69) is 61.0 Å². The summed E-state index contributed by atoms with van der Waals surface area (Å²) in [5.74, 6) is 2.68. The molecule has 0 aliphatic rings. The monoisotopic (exact) mass is 269 g/mol. The second-order valence-electron chi connectivity index (χ2n) is 6.10. The van der Waals surface area contributed by atoms with Crippen LogP contribution in [0.1, 0.15) is 39.3 Å². The molecule has 3 nitrogen and oxygen atoms in total. The van der Waals surface area contributed by atoms with Gasteiger partial charge in [-0.05, 0) is 33.3 Å². The summed E-state index contributed by atoms with van der Waals surface area (Å²) in [4.78, 5) is 0. The van der Waals surface area contributed by atoms with Crippen molar-refractivity contribution in [3.8, 4) is 12.3 Å². The molecule has 3 heteroatoms. The van der Waals surface area contributed by atoms with Gasteiger partial charge in [0.1, 0.15) is 0 Å². The van der Waals surface area contributed by atoms with Gasteiger partial charge in [0.2, 0.25) is 0 Å². The van der Waals surface area contributed by atoms with Crippen LogP contribution in [0.4, 0.5) is 0 Å². The third-order valence-electron chi connectivity index (χ3n) is 3.21. The molecule has 0 aliphatic carbocycles. The Balaban J connectivity index is 2.24. The number of benzene rings is 1. The number of para-hydroxylation sites is 1. The molecule has 106 valence electrons. The Labute approximate surface area is 121 Å². The lowest BCUT2D eigenvalue weighted by atomic mass is 10.1. The lowest BCUT2D eigenvalue weighted by molar-refractivity contribution is 0.419. The lowest BCUT2D eigenvalue weighted by Gasteiger charge is -2.19. The molecule has 20 heavy (non-hydrogen) atoms. The molecular formula is C17H23N3. The highest BCUT2D eigenvalue weighted by atomic mass is 15.3. The van der Waals surface area contributed by atoms with E-state index in [9.17, 15) is 0 Å². The number of terminal acetylenes is 1. The number of hydrogen-bond donors (Lipinski definition) is 1. The van der Waals surface area contributed by atoms with Gasteiger partial charge in [-0.25, -0.2) is 0 Å². The predicted octanol–water partition coefficient (Wildman–Crippen LogP) is 3.34. The van der Waals surface area contributed by atoms with Gasteiger partial charge in [-0.15, -0.1) is 12.3 Å². The number of unbranched alkanes of at least 4 members (excludes halogenated alkanes) is 1. The fourth-order valence-corrected chi connectivity index (χ4v) is 2.18. The van der Waals surface area contributed by atoms with Crippen molar-refractivity contribution in [2.45, 2.75) is 52.2 Å². The zero-order valence-corrected chi connectivity index (χ0v) is 12.6. The molecule has 1 N–H and O–H groups in total. The molecule has 0 saturated heterocycles. The topological polar surface area (TPSA) is 29.9 Å². The van der Waals surface area contributed by atoms with E-state index in [1.807, 2.05) is 0 Å². The van der Waals surface area contributed by atoms with Crippen LogP contribution in [-0.2, 0) is 13.1 Å². The Hall–Kier alpha value is -1.79. The van der Waals surface area contributed by atoms with Gasteiger partial charge in [0.05, 0.1) is 11.2 Å². The summed E-state index contributed by atoms with van der Waals surface area (Å²) in [7, 11) is 0. The van der Waals surface area contributed by atoms with Crippen LogP contribution in [0.25, 0.3) is 10.9 Å². The van der Waals surface area contributed by atoms with Gasteiger partial charge in [-0.3, -0.25) is 4.68 Å². The summed E-state index contributed by atoms with van der Waals surface area (Å²) in [6.45, 7) is 8.16. The Kier molecular flexibility index (Phi) is 4.46. The zero-order chi connectivity index (χ0) is 14.6. The molecule has 1 heterocycles. The molecule has 2 aromatic rings. The zero-order valence-electron chi connectivity index (χ0n) is 12.6. The number of aryl methyl sites for hydroxylation is 1. The third-order valence-corrected chi connectivity index (χ3v) is 3.21. The van der Waals surface area contributed by atoms with Crippen molar-refractivity contribution in [3.05, 3.63) is 30.0 Å². The van der Waals surface area contributed by atoms with Crippen molar-refractivity contribution in [2.75, 3.05) is 0 Å². The molecule has 1 aromatic carbocycles. The molecule has 0 radical (unpaired) electrons. The third kappa shape index (κ3) is 3.61. The second-order valence-corrected chi connectivity index (χ2v) is 6.10. The summed E-state index contributed by atoms with van der Waals surface area (Å²) < 4.78 is 2.08. The Bertz CT molecular complexity index is 611. The molecule has 0 unspecified atom stereocenters. The van der Waals surface area contributed by atoms with E-state index < -0.39 is 0 Å². The molecule has 0 spiro atoms. The van der Waals surface area contributed by atoms with Crippen LogP contribution in [0, 0.1) is 12.3 Å². The summed E-state index contributed by atoms with van der Waals surface area (Å²) in [5, 5.41) is 9.48. The largest absolute Gasteiger partial charge is 0.306 e. The standard InChI is InChI=1S/C17H23N3/c1-5-6-9-12-20-16-11-8-7-10-14(16)15(19-20)13-18-17(2,3)4/h1,7-8,10-11,18H,6,9,12-13H2,2-4H3. The highest BCUT2D eigenvalue weighted by molar-refractivity contribution is 5.81. The first-order valence-corrected chi connectivity index (χ1v) is 7.14. The van der Waals surface area contributed by atoms with Gasteiger partial charge in [0, 0.05) is 30.4 Å². The average Bonchev–Trinajstić information content (AvgIpc) is 2.75. The number of nitrogens with one attached hydrogen (secondary N) is 1. The van der Waals surface area contributed by atoms with E-state index >= 15 is 0 Å². The molecule has 0 saturated carbocycles. The van der Waals surface area contributed by atoms with E-state index in [1.54, 1.807) is 0 Å². The van der Waals surface area contributed by atoms with Crippen molar-refractivity contribution in [1.29, 1.82) is 0 Å². The predicted molar refractivity (Wildman–Crippen MR) is 84.4 cm³/mol. The molecule has 1 aromatic heterocycles.